The van der Waals surface area contributed by atoms with Gasteiger partial charge in [0.25, 0.3) is 0 Å². The molecule has 0 unspecified atom stereocenters. The molecule has 10 N–H and O–H groups in total. The molecule has 0 saturated carbocycles. The lowest BCUT2D eigenvalue weighted by molar-refractivity contribution is -0.384. The SMILES string of the molecule is COc1ccc(O[C@@H]2O[C@@H](C)[C@H](O)[C@@H](O[C@@H]3O[C@@H](C)[C@H](O)[C@@H](O[C@@H]4O[C@@H](C)[C@H](O)[C@@H](O[C@@H]5O[C@H](CO)[C@@H](O)[C@H](O)[C@H]5O)[C@H]4O)[C@H]3O)[C@H]2O)cc1. The molecule has 4 heterocycles. The normalized spacial score (nSPS) is 48.6. The van der Waals surface area contributed by atoms with E-state index in [0.29, 0.717) is 11.5 Å². The van der Waals surface area contributed by atoms with Crippen molar-refractivity contribution in [2.45, 2.75) is 144 Å². The van der Waals surface area contributed by atoms with Crippen LogP contribution in [-0.4, -0.2) is 188 Å². The Morgan fingerprint density at radius 1 is 0.480 bits per heavy atom. The lowest BCUT2D eigenvalue weighted by Gasteiger charge is -2.48. The predicted molar refractivity (Wildman–Crippen MR) is 161 cm³/mol. The molecule has 0 aromatic heterocycles. The van der Waals surface area contributed by atoms with Gasteiger partial charge in [0.2, 0.25) is 6.29 Å². The van der Waals surface area contributed by atoms with Crippen LogP contribution in [-0.2, 0) is 33.2 Å². The van der Waals surface area contributed by atoms with Gasteiger partial charge in [-0.1, -0.05) is 0 Å². The van der Waals surface area contributed by atoms with E-state index in [9.17, 15) is 51.1 Å². The van der Waals surface area contributed by atoms with Crippen molar-refractivity contribution in [2.24, 2.45) is 0 Å². The molecule has 0 radical (unpaired) electrons. The first-order chi connectivity index (χ1) is 23.7. The third-order valence-electron chi connectivity index (χ3n) is 9.38. The number of benzene rings is 1. The summed E-state index contributed by atoms with van der Waals surface area (Å²) in [5.74, 6) is 0.883. The molecule has 0 bridgehead atoms. The van der Waals surface area contributed by atoms with Crippen LogP contribution in [0, 0.1) is 0 Å². The zero-order valence-electron chi connectivity index (χ0n) is 27.7. The van der Waals surface area contributed by atoms with Gasteiger partial charge in [-0.25, -0.2) is 0 Å². The van der Waals surface area contributed by atoms with Crippen LogP contribution in [0.1, 0.15) is 20.8 Å². The molecule has 4 aliphatic heterocycles. The predicted octanol–water partition coefficient (Wildman–Crippen LogP) is -4.57. The summed E-state index contributed by atoms with van der Waals surface area (Å²) in [5, 5.41) is 106. The van der Waals surface area contributed by atoms with Gasteiger partial charge in [0.1, 0.15) is 90.9 Å². The Morgan fingerprint density at radius 3 is 1.28 bits per heavy atom. The van der Waals surface area contributed by atoms with E-state index in [1.165, 1.54) is 27.9 Å². The van der Waals surface area contributed by atoms with E-state index in [0.717, 1.165) is 0 Å². The third kappa shape index (κ3) is 8.04. The number of rotatable bonds is 10. The minimum atomic E-state index is -1.86. The highest BCUT2D eigenvalue weighted by Gasteiger charge is 2.54. The Balaban J connectivity index is 1.28. The maximum Gasteiger partial charge on any atom is 0.229 e. The van der Waals surface area contributed by atoms with Gasteiger partial charge in [-0.05, 0) is 45.0 Å². The molecular weight excluding hydrogens is 676 g/mol. The number of aliphatic hydroxyl groups is 10. The van der Waals surface area contributed by atoms with Gasteiger partial charge in [0, 0.05) is 0 Å². The molecule has 19 nitrogen and oxygen atoms in total. The lowest BCUT2D eigenvalue weighted by Crippen LogP contribution is -2.66. The number of hydrogen-bond donors (Lipinski definition) is 10. The molecule has 0 amide bonds. The molecule has 50 heavy (non-hydrogen) atoms. The van der Waals surface area contributed by atoms with Crippen LogP contribution in [0.2, 0.25) is 0 Å². The van der Waals surface area contributed by atoms with E-state index in [-0.39, 0.29) is 0 Å². The molecule has 20 atom stereocenters. The topological polar surface area (TPSA) is 285 Å². The van der Waals surface area contributed by atoms with Crippen LogP contribution in [0.25, 0.3) is 0 Å². The highest BCUT2D eigenvalue weighted by Crippen LogP contribution is 2.35. The van der Waals surface area contributed by atoms with Crippen LogP contribution < -0.4 is 9.47 Å². The third-order valence-corrected chi connectivity index (χ3v) is 9.38. The Morgan fingerprint density at radius 2 is 0.860 bits per heavy atom. The second-order valence-electron chi connectivity index (χ2n) is 12.9. The summed E-state index contributed by atoms with van der Waals surface area (Å²) in [6, 6.07) is 6.43. The fourth-order valence-corrected chi connectivity index (χ4v) is 6.23. The van der Waals surface area contributed by atoms with Crippen molar-refractivity contribution in [3.63, 3.8) is 0 Å². The molecule has 0 aliphatic carbocycles. The maximum atomic E-state index is 11.3. The van der Waals surface area contributed by atoms with Crippen molar-refractivity contribution in [2.75, 3.05) is 13.7 Å². The van der Waals surface area contributed by atoms with E-state index >= 15 is 0 Å². The Kier molecular flexibility index (Phi) is 12.9. The summed E-state index contributed by atoms with van der Waals surface area (Å²) in [6.45, 7) is 3.62. The molecule has 1 aromatic rings. The largest absolute Gasteiger partial charge is 0.497 e. The highest BCUT2D eigenvalue weighted by atomic mass is 16.8. The summed E-state index contributed by atoms with van der Waals surface area (Å²) < 4.78 is 50.6. The summed E-state index contributed by atoms with van der Waals surface area (Å²) >= 11 is 0. The molecule has 4 saturated heterocycles. The minimum Gasteiger partial charge on any atom is -0.497 e. The standard InChI is InChI=1S/C31H48O19/c1-10-16(33)25(22(39)29(43-10)46-14-7-5-13(42-4)6-8-14)49-31-24(41)27(18(35)12(3)45-31)50-30-23(40)26(17(34)11(2)44-30)48-28-21(38)20(37)19(36)15(9-32)47-28/h5-8,10-12,15-41H,9H2,1-4H3/t10-,11-,12-,15+,16-,17-,18-,19+,20-,21+,22+,23+,24+,25+,26+,27+,28-,29-,30-,31-/m0/s1. The van der Waals surface area contributed by atoms with E-state index in [2.05, 4.69) is 0 Å². The minimum absolute atomic E-state index is 0.315. The Labute approximate surface area is 286 Å². The van der Waals surface area contributed by atoms with Crippen LogP contribution in [0.5, 0.6) is 11.5 Å². The molecular formula is C31H48O19. The van der Waals surface area contributed by atoms with Gasteiger partial charge in [0.15, 0.2) is 18.9 Å². The Bertz CT molecular complexity index is 1210. The number of methoxy groups -OCH3 is 1. The zero-order chi connectivity index (χ0) is 36.6. The average molecular weight is 725 g/mol. The lowest BCUT2D eigenvalue weighted by atomic mass is 9.96. The summed E-state index contributed by atoms with van der Waals surface area (Å²) in [7, 11) is 1.50. The van der Waals surface area contributed by atoms with E-state index in [4.69, 9.17) is 42.6 Å². The van der Waals surface area contributed by atoms with E-state index < -0.39 is 129 Å². The highest BCUT2D eigenvalue weighted by molar-refractivity contribution is 5.31. The van der Waals surface area contributed by atoms with Crippen molar-refractivity contribution in [3.05, 3.63) is 24.3 Å². The maximum absolute atomic E-state index is 11.3. The monoisotopic (exact) mass is 724 g/mol. The average Bonchev–Trinajstić information content (AvgIpc) is 3.10. The van der Waals surface area contributed by atoms with Crippen LogP contribution in [0.15, 0.2) is 24.3 Å². The van der Waals surface area contributed by atoms with Crippen LogP contribution in [0.4, 0.5) is 0 Å². The summed E-state index contributed by atoms with van der Waals surface area (Å²) in [5.41, 5.74) is 0. The zero-order valence-corrected chi connectivity index (χ0v) is 27.7. The second-order valence-corrected chi connectivity index (χ2v) is 12.9. The quantitative estimate of drug-likeness (QED) is 0.109. The molecule has 4 fully saturated rings. The van der Waals surface area contributed by atoms with Gasteiger partial charge in [-0.3, -0.25) is 0 Å². The van der Waals surface area contributed by atoms with Gasteiger partial charge in [0.05, 0.1) is 32.0 Å². The summed E-state index contributed by atoms with van der Waals surface area (Å²) in [4.78, 5) is 0. The van der Waals surface area contributed by atoms with Gasteiger partial charge < -0.3 is 93.7 Å². The van der Waals surface area contributed by atoms with Gasteiger partial charge >= 0.3 is 0 Å². The molecule has 1 aromatic carbocycles. The van der Waals surface area contributed by atoms with Gasteiger partial charge in [-0.2, -0.15) is 0 Å². The first kappa shape index (κ1) is 39.3. The first-order valence-electron chi connectivity index (χ1n) is 16.3. The number of aliphatic hydroxyl groups excluding tert-OH is 10. The molecule has 19 heteroatoms. The van der Waals surface area contributed by atoms with Crippen molar-refractivity contribution in [3.8, 4) is 11.5 Å². The summed E-state index contributed by atoms with van der Waals surface area (Å²) in [6.07, 6.45) is -30.5. The van der Waals surface area contributed by atoms with E-state index in [1.807, 2.05) is 0 Å². The molecule has 4 aliphatic rings. The first-order valence-corrected chi connectivity index (χ1v) is 16.3. The van der Waals surface area contributed by atoms with Crippen molar-refractivity contribution >= 4 is 0 Å². The van der Waals surface area contributed by atoms with Crippen molar-refractivity contribution in [1.29, 1.82) is 0 Å². The van der Waals surface area contributed by atoms with Crippen molar-refractivity contribution < 1.29 is 93.7 Å². The molecule has 5 rings (SSSR count). The molecule has 0 spiro atoms. The van der Waals surface area contributed by atoms with Crippen LogP contribution >= 0.6 is 0 Å². The van der Waals surface area contributed by atoms with Crippen molar-refractivity contribution in [1.82, 2.24) is 0 Å². The smallest absolute Gasteiger partial charge is 0.229 e. The molecule has 286 valence electrons. The number of hydrogen-bond acceptors (Lipinski definition) is 19. The fourth-order valence-electron chi connectivity index (χ4n) is 6.23. The fraction of sp³-hybridized carbons (Fsp3) is 0.806. The second kappa shape index (κ2) is 16.4. The van der Waals surface area contributed by atoms with E-state index in [1.54, 1.807) is 24.3 Å². The number of ether oxygens (including phenoxy) is 9. The van der Waals surface area contributed by atoms with Crippen LogP contribution in [0.3, 0.4) is 0 Å². The Hall–Kier alpha value is -1.86. The van der Waals surface area contributed by atoms with Gasteiger partial charge in [-0.15, -0.1) is 0 Å².